The molecule has 49 heavy (non-hydrogen) atoms. The summed E-state index contributed by atoms with van der Waals surface area (Å²) in [4.78, 5) is 28.9. The third-order valence-electron chi connectivity index (χ3n) is 7.70. The zero-order valence-electron chi connectivity index (χ0n) is 26.7. The van der Waals surface area contributed by atoms with Gasteiger partial charge in [-0.15, -0.1) is 10.2 Å². The number of aromatic nitrogens is 2. The first-order valence-electron chi connectivity index (χ1n) is 15.5. The number of hydrogen-bond acceptors (Lipinski definition) is 10. The average Bonchev–Trinajstić information content (AvgIpc) is 3.71. The molecule has 4 aromatic carbocycles. The number of aliphatic hydroxyl groups is 1. The summed E-state index contributed by atoms with van der Waals surface area (Å²) in [6, 6.07) is 28.1. The number of aliphatic hydroxyl groups excluding tert-OH is 1. The van der Waals surface area contributed by atoms with Crippen molar-refractivity contribution in [2.75, 3.05) is 18.6 Å². The first-order chi connectivity index (χ1) is 23.9. The first kappa shape index (κ1) is 34.0. The molecule has 5 aromatic rings. The number of methoxy groups -OCH3 is 1. The van der Waals surface area contributed by atoms with Crippen LogP contribution < -0.4 is 19.1 Å². The molecule has 6 rings (SSSR count). The molecule has 0 bridgehead atoms. The number of hydrogen-bond donors (Lipinski definition) is 1. The second-order valence-electron chi connectivity index (χ2n) is 11.0. The van der Waals surface area contributed by atoms with Crippen molar-refractivity contribution in [1.29, 1.82) is 0 Å². The number of thioether (sulfide) groups is 1. The number of ketones is 1. The number of ether oxygens (including phenoxy) is 3. The van der Waals surface area contributed by atoms with E-state index in [-0.39, 0.29) is 16.5 Å². The Morgan fingerprint density at radius 1 is 0.939 bits per heavy atom. The lowest BCUT2D eigenvalue weighted by Crippen LogP contribution is -2.29. The van der Waals surface area contributed by atoms with Crippen LogP contribution in [0.15, 0.2) is 107 Å². The molecular weight excluding hydrogens is 682 g/mol. The molecule has 1 atom stereocenters. The highest BCUT2D eigenvalue weighted by Crippen LogP contribution is 2.46. The molecule has 12 heteroatoms. The van der Waals surface area contributed by atoms with Gasteiger partial charge >= 0.3 is 5.91 Å². The molecule has 9 nitrogen and oxygen atoms in total. The number of amides is 1. The van der Waals surface area contributed by atoms with Crippen molar-refractivity contribution in [2.45, 2.75) is 36.1 Å². The molecule has 2 heterocycles. The molecule has 1 aliphatic heterocycles. The highest BCUT2D eigenvalue weighted by atomic mass is 35.5. The van der Waals surface area contributed by atoms with Gasteiger partial charge in [-0.05, 0) is 65.6 Å². The van der Waals surface area contributed by atoms with Crippen LogP contribution in [0.3, 0.4) is 0 Å². The molecule has 250 valence electrons. The van der Waals surface area contributed by atoms with E-state index in [1.807, 2.05) is 61.5 Å². The molecule has 1 aromatic heterocycles. The van der Waals surface area contributed by atoms with Crippen LogP contribution in [0, 0.1) is 0 Å². The van der Waals surface area contributed by atoms with Gasteiger partial charge < -0.3 is 19.3 Å². The molecule has 1 unspecified atom stereocenters. The van der Waals surface area contributed by atoms with E-state index >= 15 is 0 Å². The van der Waals surface area contributed by atoms with Crippen molar-refractivity contribution in [2.24, 2.45) is 0 Å². The van der Waals surface area contributed by atoms with Crippen molar-refractivity contribution >= 4 is 57.3 Å². The monoisotopic (exact) mass is 713 g/mol. The number of Topliss-reactive ketones (excluding diaryl/α,β-unsaturated/α-hetero) is 1. The van der Waals surface area contributed by atoms with Crippen LogP contribution in [0.25, 0.3) is 5.76 Å². The average molecular weight is 714 g/mol. The van der Waals surface area contributed by atoms with E-state index < -0.39 is 17.7 Å². The number of benzene rings is 4. The van der Waals surface area contributed by atoms with Crippen LogP contribution in [0.2, 0.25) is 5.02 Å². The minimum absolute atomic E-state index is 0.0901. The molecular formula is C37H32ClN3O6S2. The third-order valence-corrected chi connectivity index (χ3v) is 10.2. The summed E-state index contributed by atoms with van der Waals surface area (Å²) in [6.45, 7) is 2.87. The van der Waals surface area contributed by atoms with Crippen LogP contribution in [0.5, 0.6) is 17.2 Å². The molecule has 1 aliphatic rings. The number of rotatable bonds is 13. The zero-order chi connectivity index (χ0) is 34.3. The largest absolute Gasteiger partial charge is 0.507 e. The van der Waals surface area contributed by atoms with Crippen molar-refractivity contribution in [3.63, 3.8) is 0 Å². The van der Waals surface area contributed by atoms with Gasteiger partial charge in [0.15, 0.2) is 15.8 Å². The Morgan fingerprint density at radius 3 is 2.43 bits per heavy atom. The highest BCUT2D eigenvalue weighted by Gasteiger charge is 2.48. The van der Waals surface area contributed by atoms with E-state index in [4.69, 9.17) is 25.8 Å². The van der Waals surface area contributed by atoms with Crippen molar-refractivity contribution in [3.8, 4) is 17.2 Å². The van der Waals surface area contributed by atoms with E-state index in [9.17, 15) is 14.7 Å². The van der Waals surface area contributed by atoms with Gasteiger partial charge in [-0.1, -0.05) is 96.2 Å². The summed E-state index contributed by atoms with van der Waals surface area (Å²) in [5.41, 5.74) is 2.68. The zero-order valence-corrected chi connectivity index (χ0v) is 29.1. The smallest absolute Gasteiger partial charge is 0.301 e. The van der Waals surface area contributed by atoms with Gasteiger partial charge in [-0.25, -0.2) is 0 Å². The van der Waals surface area contributed by atoms with Crippen molar-refractivity contribution in [1.82, 2.24) is 10.2 Å². The van der Waals surface area contributed by atoms with Crippen molar-refractivity contribution in [3.05, 3.63) is 130 Å². The van der Waals surface area contributed by atoms with Crippen LogP contribution in [-0.4, -0.2) is 40.7 Å². The van der Waals surface area contributed by atoms with E-state index in [1.165, 1.54) is 35.1 Å². The predicted octanol–water partition coefficient (Wildman–Crippen LogP) is 8.49. The van der Waals surface area contributed by atoms with E-state index in [2.05, 4.69) is 10.2 Å². The van der Waals surface area contributed by atoms with Gasteiger partial charge in [0.25, 0.3) is 5.78 Å². The number of nitrogens with zero attached hydrogens (tertiary/aromatic N) is 3. The Kier molecular flexibility index (Phi) is 10.8. The van der Waals surface area contributed by atoms with Gasteiger partial charge in [0, 0.05) is 16.3 Å². The Morgan fingerprint density at radius 2 is 1.69 bits per heavy atom. The maximum absolute atomic E-state index is 13.8. The Labute approximate surface area is 297 Å². The Bertz CT molecular complexity index is 1980. The van der Waals surface area contributed by atoms with Crippen LogP contribution >= 0.6 is 34.7 Å². The van der Waals surface area contributed by atoms with Crippen LogP contribution in [0.4, 0.5) is 5.13 Å². The second-order valence-corrected chi connectivity index (χ2v) is 13.5. The summed E-state index contributed by atoms with van der Waals surface area (Å²) >= 11 is 8.93. The highest BCUT2D eigenvalue weighted by molar-refractivity contribution is 8.00. The number of carbonyl (C=O) groups excluding carboxylic acids is 2. The molecule has 0 saturated carbocycles. The third kappa shape index (κ3) is 7.59. The summed E-state index contributed by atoms with van der Waals surface area (Å²) < 4.78 is 18.0. The van der Waals surface area contributed by atoms with Crippen molar-refractivity contribution < 1.29 is 28.9 Å². The first-order valence-corrected chi connectivity index (χ1v) is 17.6. The fourth-order valence-electron chi connectivity index (χ4n) is 5.25. The SMILES string of the molecule is CCCOc1ccc(/C(O)=C2/C(=O)C(=O)N(c3nnc(SCc4ccccc4Cl)s3)C2c2ccc(OCc3ccccc3)c(OC)c2)cc1. The van der Waals surface area contributed by atoms with Crippen LogP contribution in [0.1, 0.15) is 41.6 Å². The van der Waals surface area contributed by atoms with Gasteiger partial charge in [0.1, 0.15) is 18.1 Å². The second kappa shape index (κ2) is 15.6. The summed E-state index contributed by atoms with van der Waals surface area (Å²) in [6.07, 6.45) is 0.844. The fraction of sp³-hybridized carbons (Fsp3) is 0.189. The van der Waals surface area contributed by atoms with Gasteiger partial charge in [0.2, 0.25) is 5.13 Å². The summed E-state index contributed by atoms with van der Waals surface area (Å²) in [5.74, 6) is 0.0229. The Hall–Kier alpha value is -4.84. The van der Waals surface area contributed by atoms with E-state index in [1.54, 1.807) is 42.5 Å². The van der Waals surface area contributed by atoms with Gasteiger partial charge in [0.05, 0.1) is 25.3 Å². The summed E-state index contributed by atoms with van der Waals surface area (Å²) in [7, 11) is 1.51. The lowest BCUT2D eigenvalue weighted by molar-refractivity contribution is -0.132. The normalized spacial score (nSPS) is 15.4. The molecule has 1 saturated heterocycles. The molecule has 0 radical (unpaired) electrons. The van der Waals surface area contributed by atoms with Crippen LogP contribution in [-0.2, 0) is 21.9 Å². The van der Waals surface area contributed by atoms with Gasteiger partial charge in [-0.2, -0.15) is 0 Å². The molecule has 0 spiro atoms. The molecule has 1 amide bonds. The quantitative estimate of drug-likeness (QED) is 0.0422. The molecule has 0 aliphatic carbocycles. The fourth-order valence-corrected chi connectivity index (χ4v) is 7.40. The minimum Gasteiger partial charge on any atom is -0.507 e. The number of halogens is 1. The Balaban J connectivity index is 1.37. The van der Waals surface area contributed by atoms with Gasteiger partial charge in [-0.3, -0.25) is 14.5 Å². The maximum atomic E-state index is 13.8. The number of anilines is 1. The topological polar surface area (TPSA) is 111 Å². The lowest BCUT2D eigenvalue weighted by atomic mass is 9.95. The maximum Gasteiger partial charge on any atom is 0.301 e. The predicted molar refractivity (Wildman–Crippen MR) is 192 cm³/mol. The summed E-state index contributed by atoms with van der Waals surface area (Å²) in [5, 5.41) is 21.1. The lowest BCUT2D eigenvalue weighted by Gasteiger charge is -2.23. The molecule has 1 fully saturated rings. The van der Waals surface area contributed by atoms with E-state index in [0.717, 1.165) is 17.5 Å². The molecule has 1 N–H and O–H groups in total. The van der Waals surface area contributed by atoms with E-state index in [0.29, 0.717) is 56.7 Å². The minimum atomic E-state index is -1.04. The standard InChI is InChI=1S/C37H32ClN3O6S2/c1-3-19-46-27-16-13-24(14-17-27)33(42)31-32(25-15-18-29(30(20-25)45-2)47-21-23-9-5-4-6-10-23)41(35(44)34(31)43)36-39-40-37(49-36)48-22-26-11-7-8-12-28(26)38/h4-18,20,32,42H,3,19,21-22H2,1-2H3/b33-31-. The number of carbonyl (C=O) groups is 2.